The Labute approximate surface area is 184 Å². The number of aromatic nitrogens is 1. The van der Waals surface area contributed by atoms with E-state index in [9.17, 15) is 14.4 Å². The second kappa shape index (κ2) is 10.3. The lowest BCUT2D eigenvalue weighted by atomic mass is 10.1. The van der Waals surface area contributed by atoms with Gasteiger partial charge in [0, 0.05) is 5.56 Å². The van der Waals surface area contributed by atoms with Crippen molar-refractivity contribution in [2.45, 2.75) is 13.8 Å². The number of carbonyl (C=O) groups excluding carboxylic acids is 3. The lowest BCUT2D eigenvalue weighted by Crippen LogP contribution is -2.35. The van der Waals surface area contributed by atoms with Gasteiger partial charge in [0.05, 0.1) is 19.3 Å². The maximum atomic E-state index is 12.5. The summed E-state index contributed by atoms with van der Waals surface area (Å²) in [5, 5.41) is 8.99. The Morgan fingerprint density at radius 2 is 1.78 bits per heavy atom. The summed E-state index contributed by atoms with van der Waals surface area (Å²) in [4.78, 5) is 36.7. The van der Waals surface area contributed by atoms with Crippen LogP contribution in [0.5, 0.6) is 5.75 Å². The topological polar surface area (TPSA) is 120 Å². The number of anilines is 1. The predicted molar refractivity (Wildman–Crippen MR) is 116 cm³/mol. The molecule has 0 atom stereocenters. The molecule has 0 saturated carbocycles. The molecule has 0 spiro atoms. The number of aryl methyl sites for hydroxylation is 2. The molecule has 0 aliphatic heterocycles. The summed E-state index contributed by atoms with van der Waals surface area (Å²) in [7, 11) is 1.50. The fourth-order valence-electron chi connectivity index (χ4n) is 2.95. The third-order valence-corrected chi connectivity index (χ3v) is 4.52. The molecular weight excluding hydrogens is 414 g/mol. The average molecular weight is 437 g/mol. The van der Waals surface area contributed by atoms with Crippen LogP contribution in [0.15, 0.2) is 53.1 Å². The molecule has 3 rings (SSSR count). The summed E-state index contributed by atoms with van der Waals surface area (Å²) < 4.78 is 15.4. The third kappa shape index (κ3) is 5.51. The van der Waals surface area contributed by atoms with Gasteiger partial charge in [0.25, 0.3) is 5.91 Å². The number of carbonyl (C=O) groups is 3. The first kappa shape index (κ1) is 22.5. The Morgan fingerprint density at radius 1 is 1.03 bits per heavy atom. The zero-order valence-electron chi connectivity index (χ0n) is 17.9. The smallest absolute Gasteiger partial charge is 0.344 e. The molecular formula is C23H23N3O6. The first-order chi connectivity index (χ1) is 15.4. The highest BCUT2D eigenvalue weighted by molar-refractivity contribution is 5.99. The van der Waals surface area contributed by atoms with Crippen LogP contribution in [-0.4, -0.2) is 43.2 Å². The van der Waals surface area contributed by atoms with Crippen molar-refractivity contribution in [3.05, 3.63) is 65.4 Å². The second-order valence-electron chi connectivity index (χ2n) is 6.93. The van der Waals surface area contributed by atoms with Crippen molar-refractivity contribution in [3.63, 3.8) is 0 Å². The molecule has 0 saturated heterocycles. The van der Waals surface area contributed by atoms with Gasteiger partial charge in [-0.05, 0) is 31.5 Å². The molecule has 166 valence electrons. The van der Waals surface area contributed by atoms with Crippen molar-refractivity contribution in [1.82, 2.24) is 10.5 Å². The van der Waals surface area contributed by atoms with Gasteiger partial charge in [-0.2, -0.15) is 0 Å². The normalized spacial score (nSPS) is 10.3. The standard InChI is InChI=1S/C23H23N3O6/c1-14-9-10-18(30-3)17(11-14)25-19(27)12-24-20(28)13-31-23(29)21-15(2)32-26-22(21)16-7-5-4-6-8-16/h4-11H,12-13H2,1-3H3,(H,24,28)(H,25,27). The average Bonchev–Trinajstić information content (AvgIpc) is 3.18. The minimum Gasteiger partial charge on any atom is -0.495 e. The van der Waals surface area contributed by atoms with Crippen LogP contribution < -0.4 is 15.4 Å². The number of methoxy groups -OCH3 is 1. The molecule has 0 radical (unpaired) electrons. The lowest BCUT2D eigenvalue weighted by molar-refractivity contribution is -0.126. The number of hydrogen-bond donors (Lipinski definition) is 2. The number of nitrogens with one attached hydrogen (secondary N) is 2. The molecule has 1 heterocycles. The first-order valence-corrected chi connectivity index (χ1v) is 9.79. The van der Waals surface area contributed by atoms with Gasteiger partial charge in [0.2, 0.25) is 5.91 Å². The van der Waals surface area contributed by atoms with Crippen LogP contribution in [0.3, 0.4) is 0 Å². The Kier molecular flexibility index (Phi) is 7.22. The summed E-state index contributed by atoms with van der Waals surface area (Å²) in [6.07, 6.45) is 0. The minimum atomic E-state index is -0.744. The van der Waals surface area contributed by atoms with Gasteiger partial charge in [0.1, 0.15) is 22.8 Å². The van der Waals surface area contributed by atoms with Crippen LogP contribution in [-0.2, 0) is 14.3 Å². The maximum Gasteiger partial charge on any atom is 0.344 e. The molecule has 2 amide bonds. The molecule has 0 unspecified atom stereocenters. The van der Waals surface area contributed by atoms with Crippen LogP contribution in [0.25, 0.3) is 11.3 Å². The van der Waals surface area contributed by atoms with E-state index in [2.05, 4.69) is 15.8 Å². The number of nitrogens with zero attached hydrogens (tertiary/aromatic N) is 1. The molecule has 9 nitrogen and oxygen atoms in total. The minimum absolute atomic E-state index is 0.147. The SMILES string of the molecule is COc1ccc(C)cc1NC(=O)CNC(=O)COC(=O)c1c(-c2ccccc2)noc1C. The molecule has 9 heteroatoms. The zero-order valence-corrected chi connectivity index (χ0v) is 17.9. The van der Waals surface area contributed by atoms with Gasteiger partial charge in [-0.25, -0.2) is 4.79 Å². The summed E-state index contributed by atoms with van der Waals surface area (Å²) in [6, 6.07) is 14.4. The summed E-state index contributed by atoms with van der Waals surface area (Å²) in [6.45, 7) is 2.61. The monoisotopic (exact) mass is 437 g/mol. The Hall–Kier alpha value is -4.14. The van der Waals surface area contributed by atoms with Gasteiger partial charge in [-0.3, -0.25) is 9.59 Å². The van der Waals surface area contributed by atoms with E-state index in [1.807, 2.05) is 19.1 Å². The second-order valence-corrected chi connectivity index (χ2v) is 6.93. The number of amides is 2. The molecule has 0 aliphatic rings. The van der Waals surface area contributed by atoms with Crippen molar-refractivity contribution in [2.75, 3.05) is 25.6 Å². The Morgan fingerprint density at radius 3 is 2.50 bits per heavy atom. The van der Waals surface area contributed by atoms with Crippen molar-refractivity contribution >= 4 is 23.5 Å². The van der Waals surface area contributed by atoms with E-state index in [4.69, 9.17) is 14.0 Å². The number of ether oxygens (including phenoxy) is 2. The van der Waals surface area contributed by atoms with Gasteiger partial charge < -0.3 is 24.6 Å². The van der Waals surface area contributed by atoms with Gasteiger partial charge in [-0.1, -0.05) is 41.6 Å². The zero-order chi connectivity index (χ0) is 23.1. The van der Waals surface area contributed by atoms with Crippen LogP contribution in [0.4, 0.5) is 5.69 Å². The van der Waals surface area contributed by atoms with E-state index in [-0.39, 0.29) is 17.9 Å². The molecule has 2 N–H and O–H groups in total. The van der Waals surface area contributed by atoms with Gasteiger partial charge >= 0.3 is 5.97 Å². The largest absolute Gasteiger partial charge is 0.495 e. The fourth-order valence-corrected chi connectivity index (χ4v) is 2.95. The Bertz CT molecular complexity index is 1120. The quantitative estimate of drug-likeness (QED) is 0.520. The van der Waals surface area contributed by atoms with Crippen molar-refractivity contribution in [2.24, 2.45) is 0 Å². The van der Waals surface area contributed by atoms with Gasteiger partial charge in [0.15, 0.2) is 6.61 Å². The molecule has 0 bridgehead atoms. The predicted octanol–water partition coefficient (Wildman–Crippen LogP) is 2.88. The van der Waals surface area contributed by atoms with Gasteiger partial charge in [-0.15, -0.1) is 0 Å². The molecule has 0 fully saturated rings. The highest BCUT2D eigenvalue weighted by Gasteiger charge is 2.23. The van der Waals surface area contributed by atoms with Crippen LogP contribution in [0, 0.1) is 13.8 Å². The van der Waals surface area contributed by atoms with Crippen LogP contribution >= 0.6 is 0 Å². The van der Waals surface area contributed by atoms with Crippen LogP contribution in [0.2, 0.25) is 0 Å². The van der Waals surface area contributed by atoms with Crippen LogP contribution in [0.1, 0.15) is 21.7 Å². The highest BCUT2D eigenvalue weighted by Crippen LogP contribution is 2.26. The van der Waals surface area contributed by atoms with E-state index in [1.165, 1.54) is 7.11 Å². The summed E-state index contributed by atoms with van der Waals surface area (Å²) in [5.74, 6) is -1.04. The highest BCUT2D eigenvalue weighted by atomic mass is 16.5. The molecule has 32 heavy (non-hydrogen) atoms. The number of esters is 1. The fraction of sp³-hybridized carbons (Fsp3) is 0.217. The molecule has 3 aromatic rings. The van der Waals surface area contributed by atoms with Crippen molar-refractivity contribution in [1.29, 1.82) is 0 Å². The van der Waals surface area contributed by atoms with E-state index >= 15 is 0 Å². The molecule has 0 aliphatic carbocycles. The third-order valence-electron chi connectivity index (χ3n) is 4.52. The van der Waals surface area contributed by atoms with E-state index in [0.717, 1.165) is 5.56 Å². The van der Waals surface area contributed by atoms with E-state index < -0.39 is 24.4 Å². The maximum absolute atomic E-state index is 12.5. The molecule has 2 aromatic carbocycles. The van der Waals surface area contributed by atoms with E-state index in [0.29, 0.717) is 22.7 Å². The molecule has 1 aromatic heterocycles. The van der Waals surface area contributed by atoms with Crippen molar-refractivity contribution < 1.29 is 28.4 Å². The number of rotatable bonds is 8. The van der Waals surface area contributed by atoms with E-state index in [1.54, 1.807) is 43.3 Å². The first-order valence-electron chi connectivity index (χ1n) is 9.79. The lowest BCUT2D eigenvalue weighted by Gasteiger charge is -2.11. The number of benzene rings is 2. The number of hydrogen-bond acceptors (Lipinski definition) is 7. The van der Waals surface area contributed by atoms with Crippen molar-refractivity contribution in [3.8, 4) is 17.0 Å². The summed E-state index contributed by atoms with van der Waals surface area (Å²) >= 11 is 0. The Balaban J connectivity index is 1.53. The summed E-state index contributed by atoms with van der Waals surface area (Å²) in [5.41, 5.74) is 2.60.